The van der Waals surface area contributed by atoms with Gasteiger partial charge in [-0.05, 0) is 15.9 Å². The maximum absolute atomic E-state index is 5.84. The first kappa shape index (κ1) is 9.73. The van der Waals surface area contributed by atoms with Gasteiger partial charge in [-0.25, -0.2) is 9.67 Å². The summed E-state index contributed by atoms with van der Waals surface area (Å²) in [5, 5.41) is 5.40. The van der Waals surface area contributed by atoms with Crippen LogP contribution in [0.5, 0.6) is 5.75 Å². The Kier molecular flexibility index (Phi) is 2.36. The smallest absolute Gasteiger partial charge is 0.164 e. The maximum Gasteiger partial charge on any atom is 0.164 e. The lowest BCUT2D eigenvalue weighted by Gasteiger charge is -2.01. The number of aryl methyl sites for hydroxylation is 1. The third-order valence-corrected chi connectivity index (χ3v) is 2.65. The highest BCUT2D eigenvalue weighted by atomic mass is 79.9. The Morgan fingerprint density at radius 2 is 2.29 bits per heavy atom. The van der Waals surface area contributed by atoms with Gasteiger partial charge >= 0.3 is 0 Å². The molecule has 0 aromatic carbocycles. The second kappa shape index (κ2) is 3.40. The van der Waals surface area contributed by atoms with Crippen molar-refractivity contribution in [1.82, 2.24) is 14.8 Å². The fraction of sp³-hybridized carbons (Fsp3) is 0.250. The maximum atomic E-state index is 5.84. The van der Waals surface area contributed by atoms with E-state index in [9.17, 15) is 0 Å². The number of aromatic nitrogens is 3. The van der Waals surface area contributed by atoms with Crippen LogP contribution in [0, 0.1) is 0 Å². The highest BCUT2D eigenvalue weighted by Gasteiger charge is 2.13. The third kappa shape index (κ3) is 1.36. The molecule has 2 rings (SSSR count). The van der Waals surface area contributed by atoms with E-state index in [2.05, 4.69) is 26.0 Å². The second-order valence-corrected chi connectivity index (χ2v) is 3.90. The van der Waals surface area contributed by atoms with Gasteiger partial charge in [0.1, 0.15) is 15.5 Å². The van der Waals surface area contributed by atoms with E-state index in [0.29, 0.717) is 21.2 Å². The molecule has 0 aliphatic carbocycles. The summed E-state index contributed by atoms with van der Waals surface area (Å²) in [6.07, 6.45) is 0. The van der Waals surface area contributed by atoms with E-state index in [1.807, 2.05) is 0 Å². The molecule has 0 atom stereocenters. The quantitative estimate of drug-likeness (QED) is 0.751. The number of nitrogens with zero attached hydrogens (tertiary/aromatic N) is 3. The average molecular weight is 277 g/mol. The van der Waals surface area contributed by atoms with Gasteiger partial charge in [0.15, 0.2) is 5.65 Å². The molecule has 0 N–H and O–H groups in total. The normalized spacial score (nSPS) is 10.9. The van der Waals surface area contributed by atoms with Crippen molar-refractivity contribution >= 4 is 38.6 Å². The molecule has 0 saturated heterocycles. The molecule has 4 nitrogen and oxygen atoms in total. The molecule has 0 unspecified atom stereocenters. The molecule has 2 aromatic heterocycles. The SMILES string of the molecule is COc1cc(Cl)nc2c1c(Br)nn2C. The van der Waals surface area contributed by atoms with Crippen LogP contribution in [0.4, 0.5) is 0 Å². The molecule has 14 heavy (non-hydrogen) atoms. The van der Waals surface area contributed by atoms with Gasteiger partial charge in [0.05, 0.1) is 12.5 Å². The highest BCUT2D eigenvalue weighted by molar-refractivity contribution is 9.10. The first-order valence-electron chi connectivity index (χ1n) is 3.86. The van der Waals surface area contributed by atoms with Gasteiger partial charge in [-0.2, -0.15) is 5.10 Å². The van der Waals surface area contributed by atoms with Gasteiger partial charge in [0.25, 0.3) is 0 Å². The summed E-state index contributed by atoms with van der Waals surface area (Å²) in [6, 6.07) is 1.66. The summed E-state index contributed by atoms with van der Waals surface area (Å²) in [5.41, 5.74) is 0.696. The van der Waals surface area contributed by atoms with Crippen LogP contribution in [0.25, 0.3) is 11.0 Å². The molecule has 0 bridgehead atoms. The van der Waals surface area contributed by atoms with Crippen molar-refractivity contribution in [1.29, 1.82) is 0 Å². The van der Waals surface area contributed by atoms with Gasteiger partial charge in [-0.15, -0.1) is 0 Å². The van der Waals surface area contributed by atoms with Crippen molar-refractivity contribution in [3.8, 4) is 5.75 Å². The summed E-state index contributed by atoms with van der Waals surface area (Å²) in [6.45, 7) is 0. The first-order chi connectivity index (χ1) is 6.63. The van der Waals surface area contributed by atoms with Gasteiger partial charge in [-0.3, -0.25) is 0 Å². The number of hydrogen-bond acceptors (Lipinski definition) is 3. The van der Waals surface area contributed by atoms with Crippen LogP contribution in [0.2, 0.25) is 5.15 Å². The highest BCUT2D eigenvalue weighted by Crippen LogP contribution is 2.32. The Hall–Kier alpha value is -0.810. The minimum absolute atomic E-state index is 0.393. The molecule has 74 valence electrons. The zero-order valence-corrected chi connectivity index (χ0v) is 9.93. The second-order valence-electron chi connectivity index (χ2n) is 2.76. The number of methoxy groups -OCH3 is 1. The van der Waals surface area contributed by atoms with Crippen molar-refractivity contribution in [2.24, 2.45) is 7.05 Å². The molecule has 0 saturated carbocycles. The van der Waals surface area contributed by atoms with Crippen LogP contribution in [-0.2, 0) is 7.05 Å². The van der Waals surface area contributed by atoms with Crippen molar-refractivity contribution in [2.75, 3.05) is 7.11 Å². The topological polar surface area (TPSA) is 39.9 Å². The predicted octanol–water partition coefficient (Wildman–Crippen LogP) is 2.39. The zero-order valence-electron chi connectivity index (χ0n) is 7.58. The Bertz CT molecular complexity index is 497. The largest absolute Gasteiger partial charge is 0.496 e. The van der Waals surface area contributed by atoms with Gasteiger partial charge in [-0.1, -0.05) is 11.6 Å². The zero-order chi connectivity index (χ0) is 10.3. The fourth-order valence-electron chi connectivity index (χ4n) is 1.30. The van der Waals surface area contributed by atoms with Crippen molar-refractivity contribution in [3.05, 3.63) is 15.8 Å². The molecule has 0 aliphatic rings. The fourth-order valence-corrected chi connectivity index (χ4v) is 2.09. The van der Waals surface area contributed by atoms with Crippen LogP contribution in [0.3, 0.4) is 0 Å². The lowest BCUT2D eigenvalue weighted by Crippen LogP contribution is -1.93. The van der Waals surface area contributed by atoms with Crippen molar-refractivity contribution in [3.63, 3.8) is 0 Å². The van der Waals surface area contributed by atoms with Crippen LogP contribution in [-0.4, -0.2) is 21.9 Å². The minimum Gasteiger partial charge on any atom is -0.496 e. The molecule has 0 aliphatic heterocycles. The first-order valence-corrected chi connectivity index (χ1v) is 5.03. The third-order valence-electron chi connectivity index (χ3n) is 1.90. The van der Waals surface area contributed by atoms with Gasteiger partial charge < -0.3 is 4.74 Å². The van der Waals surface area contributed by atoms with Crippen molar-refractivity contribution < 1.29 is 4.74 Å². The van der Waals surface area contributed by atoms with Gasteiger partial charge in [0, 0.05) is 13.1 Å². The number of pyridine rings is 1. The van der Waals surface area contributed by atoms with E-state index < -0.39 is 0 Å². The molecular weight excluding hydrogens is 269 g/mol. The molecular formula is C8H7BrClN3O. The number of ether oxygens (including phenoxy) is 1. The predicted molar refractivity (Wildman–Crippen MR) is 57.8 cm³/mol. The minimum atomic E-state index is 0.393. The van der Waals surface area contributed by atoms with E-state index in [0.717, 1.165) is 5.39 Å². The number of hydrogen-bond donors (Lipinski definition) is 0. The average Bonchev–Trinajstić information content (AvgIpc) is 2.41. The Labute approximate surface area is 94.0 Å². The Balaban J connectivity index is 2.90. The summed E-state index contributed by atoms with van der Waals surface area (Å²) in [4.78, 5) is 4.16. The molecule has 0 fully saturated rings. The summed E-state index contributed by atoms with van der Waals surface area (Å²) >= 11 is 9.18. The Morgan fingerprint density at radius 1 is 1.57 bits per heavy atom. The Morgan fingerprint density at radius 3 is 2.93 bits per heavy atom. The molecule has 0 radical (unpaired) electrons. The van der Waals surface area contributed by atoms with E-state index in [-0.39, 0.29) is 0 Å². The van der Waals surface area contributed by atoms with Crippen LogP contribution in [0.15, 0.2) is 10.7 Å². The van der Waals surface area contributed by atoms with E-state index in [1.54, 1.807) is 24.9 Å². The van der Waals surface area contributed by atoms with Crippen LogP contribution < -0.4 is 4.74 Å². The van der Waals surface area contributed by atoms with E-state index >= 15 is 0 Å². The van der Waals surface area contributed by atoms with Crippen molar-refractivity contribution in [2.45, 2.75) is 0 Å². The molecule has 2 heterocycles. The van der Waals surface area contributed by atoms with Crippen LogP contribution in [0.1, 0.15) is 0 Å². The number of rotatable bonds is 1. The number of fused-ring (bicyclic) bond motifs is 1. The molecule has 0 spiro atoms. The summed E-state index contributed by atoms with van der Waals surface area (Å²) in [7, 11) is 3.39. The molecule has 2 aromatic rings. The molecule has 0 amide bonds. The lowest BCUT2D eigenvalue weighted by molar-refractivity contribution is 0.419. The number of halogens is 2. The summed E-state index contributed by atoms with van der Waals surface area (Å²) in [5.74, 6) is 0.667. The standard InChI is InChI=1S/C8H7BrClN3O/c1-13-8-6(7(9)12-13)4(14-2)3-5(10)11-8/h3H,1-2H3. The van der Waals surface area contributed by atoms with E-state index in [1.165, 1.54) is 0 Å². The molecule has 6 heteroatoms. The van der Waals surface area contributed by atoms with E-state index in [4.69, 9.17) is 16.3 Å². The summed E-state index contributed by atoms with van der Waals surface area (Å²) < 4.78 is 7.55. The lowest BCUT2D eigenvalue weighted by atomic mass is 10.3. The monoisotopic (exact) mass is 275 g/mol. The van der Waals surface area contributed by atoms with Crippen LogP contribution >= 0.6 is 27.5 Å². The van der Waals surface area contributed by atoms with Gasteiger partial charge in [0.2, 0.25) is 0 Å².